The van der Waals surface area contributed by atoms with E-state index in [4.69, 9.17) is 23.2 Å². The van der Waals surface area contributed by atoms with Gasteiger partial charge in [0.1, 0.15) is 18.4 Å². The maximum absolute atomic E-state index is 14.4. The first kappa shape index (κ1) is 34.0. The van der Waals surface area contributed by atoms with Crippen LogP contribution in [0.25, 0.3) is 0 Å². The number of unbranched alkanes of at least 4 members (excludes halogenated alkanes) is 1. The van der Waals surface area contributed by atoms with Crippen LogP contribution in [0.4, 0.5) is 10.1 Å². The van der Waals surface area contributed by atoms with E-state index in [0.29, 0.717) is 12.1 Å². The minimum absolute atomic E-state index is 0.0547. The molecule has 0 aliphatic rings. The Hall–Kier alpha value is -3.92. The van der Waals surface area contributed by atoms with Crippen LogP contribution in [0.5, 0.6) is 0 Å². The fourth-order valence-electron chi connectivity index (χ4n) is 4.77. The van der Waals surface area contributed by atoms with Gasteiger partial charge in [0.05, 0.1) is 10.6 Å². The normalized spacial score (nSPS) is 11.9. The van der Waals surface area contributed by atoms with Gasteiger partial charge in [0.15, 0.2) is 0 Å². The first-order chi connectivity index (χ1) is 21.6. The molecule has 0 aromatic heterocycles. The number of halogens is 3. The summed E-state index contributed by atoms with van der Waals surface area (Å²) in [6.45, 7) is 1.55. The molecule has 0 fully saturated rings. The molecule has 4 rings (SSSR count). The molecule has 236 valence electrons. The van der Waals surface area contributed by atoms with E-state index in [-0.39, 0.29) is 33.6 Å². The van der Waals surface area contributed by atoms with Crippen molar-refractivity contribution in [3.05, 3.63) is 130 Å². The van der Waals surface area contributed by atoms with Crippen LogP contribution in [-0.2, 0) is 32.6 Å². The molecule has 1 N–H and O–H groups in total. The maximum atomic E-state index is 14.4. The summed E-state index contributed by atoms with van der Waals surface area (Å²) in [6, 6.07) is 25.6. The lowest BCUT2D eigenvalue weighted by atomic mass is 10.0. The van der Waals surface area contributed by atoms with E-state index in [0.717, 1.165) is 34.8 Å². The molecule has 45 heavy (non-hydrogen) atoms. The zero-order valence-electron chi connectivity index (χ0n) is 24.7. The van der Waals surface area contributed by atoms with Crippen LogP contribution in [0.2, 0.25) is 10.0 Å². The van der Waals surface area contributed by atoms with Crippen LogP contribution < -0.4 is 9.62 Å². The molecule has 0 aliphatic carbocycles. The number of nitrogens with zero attached hydrogens (tertiary/aromatic N) is 2. The van der Waals surface area contributed by atoms with Crippen molar-refractivity contribution in [3.8, 4) is 0 Å². The molecule has 11 heteroatoms. The van der Waals surface area contributed by atoms with Crippen molar-refractivity contribution < 1.29 is 22.4 Å². The third kappa shape index (κ3) is 8.84. The second-order valence-corrected chi connectivity index (χ2v) is 13.0. The monoisotopic (exact) mass is 669 g/mol. The van der Waals surface area contributed by atoms with Crippen molar-refractivity contribution in [2.75, 3.05) is 17.4 Å². The molecule has 4 aromatic carbocycles. The highest BCUT2D eigenvalue weighted by Crippen LogP contribution is 2.29. The SMILES string of the molecule is CCCCNC(=O)C(Cc1ccccc1)N(Cc1c(Cl)cccc1Cl)C(=O)CN(c1ccc(F)cc1)S(=O)(=O)c1ccccc1. The van der Waals surface area contributed by atoms with Crippen LogP contribution in [0, 0.1) is 5.82 Å². The third-order valence-corrected chi connectivity index (χ3v) is 9.71. The van der Waals surface area contributed by atoms with Gasteiger partial charge in [-0.2, -0.15) is 0 Å². The lowest BCUT2D eigenvalue weighted by Crippen LogP contribution is -2.53. The number of carbonyl (C=O) groups excluding carboxylic acids is 2. The lowest BCUT2D eigenvalue weighted by molar-refractivity contribution is -0.140. The fourth-order valence-corrected chi connectivity index (χ4v) is 6.72. The summed E-state index contributed by atoms with van der Waals surface area (Å²) in [4.78, 5) is 29.5. The highest BCUT2D eigenvalue weighted by Gasteiger charge is 2.35. The van der Waals surface area contributed by atoms with Crippen molar-refractivity contribution in [3.63, 3.8) is 0 Å². The Balaban J connectivity index is 1.81. The molecule has 7 nitrogen and oxygen atoms in total. The first-order valence-corrected chi connectivity index (χ1v) is 16.7. The second kappa shape index (κ2) is 15.9. The molecule has 1 unspecified atom stereocenters. The largest absolute Gasteiger partial charge is 0.354 e. The number of amides is 2. The highest BCUT2D eigenvalue weighted by atomic mass is 35.5. The molecule has 4 aromatic rings. The fraction of sp³-hybridized carbons (Fsp3) is 0.235. The summed E-state index contributed by atoms with van der Waals surface area (Å²) in [6.07, 6.45) is 1.74. The molecule has 0 spiro atoms. The van der Waals surface area contributed by atoms with E-state index in [1.807, 2.05) is 37.3 Å². The third-order valence-electron chi connectivity index (χ3n) is 7.22. The molecular weight excluding hydrogens is 636 g/mol. The molecule has 0 heterocycles. The van der Waals surface area contributed by atoms with E-state index in [1.54, 1.807) is 36.4 Å². The van der Waals surface area contributed by atoms with Gasteiger partial charge in [-0.05, 0) is 60.5 Å². The first-order valence-electron chi connectivity index (χ1n) is 14.5. The minimum atomic E-state index is -4.30. The van der Waals surface area contributed by atoms with Crippen molar-refractivity contribution >= 4 is 50.7 Å². The van der Waals surface area contributed by atoms with Crippen LogP contribution in [0.15, 0.2) is 108 Å². The standard InChI is InChI=1S/C34H34Cl2FN3O4S/c1-2-3-21-38-34(42)32(22-25-11-6-4-7-12-25)39(23-29-30(35)15-10-16-31(29)36)33(41)24-40(27-19-17-26(37)18-20-27)45(43,44)28-13-8-5-9-14-28/h4-20,32H,2-3,21-24H2,1H3,(H,38,42). The molecule has 0 saturated heterocycles. The van der Waals surface area contributed by atoms with E-state index in [9.17, 15) is 22.4 Å². The Morgan fingerprint density at radius 2 is 1.44 bits per heavy atom. The summed E-state index contributed by atoms with van der Waals surface area (Å²) in [5.74, 6) is -1.65. The van der Waals surface area contributed by atoms with Gasteiger partial charge in [0, 0.05) is 35.1 Å². The van der Waals surface area contributed by atoms with E-state index < -0.39 is 40.2 Å². The quantitative estimate of drug-likeness (QED) is 0.148. The molecule has 1 atom stereocenters. The number of benzene rings is 4. The summed E-state index contributed by atoms with van der Waals surface area (Å²) < 4.78 is 42.7. The highest BCUT2D eigenvalue weighted by molar-refractivity contribution is 7.92. The number of anilines is 1. The molecule has 2 amide bonds. The van der Waals surface area contributed by atoms with Crippen LogP contribution in [-0.4, -0.2) is 44.3 Å². The zero-order valence-corrected chi connectivity index (χ0v) is 27.0. The smallest absolute Gasteiger partial charge is 0.264 e. The van der Waals surface area contributed by atoms with Gasteiger partial charge in [-0.25, -0.2) is 12.8 Å². The molecular formula is C34H34Cl2FN3O4S. The lowest BCUT2D eigenvalue weighted by Gasteiger charge is -2.34. The number of hydrogen-bond donors (Lipinski definition) is 1. The second-order valence-electron chi connectivity index (χ2n) is 10.4. The Kier molecular flexibility index (Phi) is 12.0. The van der Waals surface area contributed by atoms with Crippen molar-refractivity contribution in [1.82, 2.24) is 10.2 Å². The predicted octanol–water partition coefficient (Wildman–Crippen LogP) is 6.88. The predicted molar refractivity (Wildman–Crippen MR) is 176 cm³/mol. The maximum Gasteiger partial charge on any atom is 0.264 e. The molecule has 0 radical (unpaired) electrons. The zero-order chi connectivity index (χ0) is 32.4. The Morgan fingerprint density at radius 1 is 0.844 bits per heavy atom. The average Bonchev–Trinajstić information content (AvgIpc) is 3.04. The molecule has 0 bridgehead atoms. The summed E-state index contributed by atoms with van der Waals surface area (Å²) in [7, 11) is -4.30. The Bertz CT molecular complexity index is 1670. The van der Waals surface area contributed by atoms with E-state index in [2.05, 4.69) is 5.32 Å². The number of carbonyl (C=O) groups is 2. The van der Waals surface area contributed by atoms with Gasteiger partial charge in [-0.15, -0.1) is 0 Å². The summed E-state index contributed by atoms with van der Waals surface area (Å²) in [5, 5.41) is 3.51. The van der Waals surface area contributed by atoms with Gasteiger partial charge < -0.3 is 10.2 Å². The van der Waals surface area contributed by atoms with Crippen LogP contribution >= 0.6 is 23.2 Å². The molecule has 0 aliphatic heterocycles. The van der Waals surface area contributed by atoms with Gasteiger partial charge >= 0.3 is 0 Å². The van der Waals surface area contributed by atoms with Crippen molar-refractivity contribution in [2.24, 2.45) is 0 Å². The van der Waals surface area contributed by atoms with Gasteiger partial charge in [-0.1, -0.05) is 91.1 Å². The topological polar surface area (TPSA) is 86.8 Å². The van der Waals surface area contributed by atoms with Crippen molar-refractivity contribution in [2.45, 2.75) is 43.7 Å². The summed E-state index contributed by atoms with van der Waals surface area (Å²) in [5.41, 5.74) is 1.28. The number of rotatable bonds is 14. The molecule has 0 saturated carbocycles. The van der Waals surface area contributed by atoms with E-state index in [1.165, 1.54) is 29.2 Å². The Labute approximate surface area is 273 Å². The average molecular weight is 671 g/mol. The van der Waals surface area contributed by atoms with Crippen LogP contribution in [0.1, 0.15) is 30.9 Å². The van der Waals surface area contributed by atoms with Crippen molar-refractivity contribution in [1.29, 1.82) is 0 Å². The number of nitrogens with one attached hydrogen (secondary N) is 1. The van der Waals surface area contributed by atoms with Gasteiger partial charge in [-0.3, -0.25) is 13.9 Å². The number of hydrogen-bond acceptors (Lipinski definition) is 4. The minimum Gasteiger partial charge on any atom is -0.354 e. The Morgan fingerprint density at radius 3 is 2.04 bits per heavy atom. The van der Waals surface area contributed by atoms with E-state index >= 15 is 0 Å². The van der Waals surface area contributed by atoms with Crippen LogP contribution in [0.3, 0.4) is 0 Å². The summed E-state index contributed by atoms with van der Waals surface area (Å²) >= 11 is 13.1. The number of sulfonamides is 1. The van der Waals surface area contributed by atoms with Gasteiger partial charge in [0.2, 0.25) is 11.8 Å². The van der Waals surface area contributed by atoms with Gasteiger partial charge in [0.25, 0.3) is 10.0 Å².